The maximum Gasteiger partial charge on any atom is 0.319 e. The molecule has 0 saturated carbocycles. The van der Waals surface area contributed by atoms with Crippen molar-refractivity contribution < 1.29 is 13.6 Å². The molecule has 134 valence electrons. The Labute approximate surface area is 143 Å². The molecule has 2 N–H and O–H groups in total. The molecule has 2 rings (SSSR count). The average molecular weight is 351 g/mol. The molecule has 0 aliphatic rings. The fourth-order valence-electron chi connectivity index (χ4n) is 1.81. The van der Waals surface area contributed by atoms with Crippen LogP contribution >= 0.6 is 0 Å². The number of anilines is 3. The maximum atomic E-state index is 13.5. The van der Waals surface area contributed by atoms with Gasteiger partial charge in [-0.1, -0.05) is 6.07 Å². The standard InChI is InChI=1S/C15H19F2N7O/c1-23(2)13-19-11(20-14(22-13)24(3)4)8-18-15(25)21-12-9(16)6-5-7-10(12)17/h5-7H,8H2,1-4H3,(H2,18,21,25). The minimum atomic E-state index is -0.861. The lowest BCUT2D eigenvalue weighted by atomic mass is 10.3. The van der Waals surface area contributed by atoms with Gasteiger partial charge in [0.05, 0.1) is 6.54 Å². The summed E-state index contributed by atoms with van der Waals surface area (Å²) in [6.45, 7) is -0.0356. The highest BCUT2D eigenvalue weighted by Crippen LogP contribution is 2.17. The topological polar surface area (TPSA) is 86.3 Å². The number of aromatic nitrogens is 3. The van der Waals surface area contributed by atoms with Gasteiger partial charge in [0.1, 0.15) is 17.3 Å². The minimum absolute atomic E-state index is 0.0356. The highest BCUT2D eigenvalue weighted by molar-refractivity contribution is 5.89. The van der Waals surface area contributed by atoms with Crippen LogP contribution in [0, 0.1) is 11.6 Å². The Bertz CT molecular complexity index is 721. The lowest BCUT2D eigenvalue weighted by molar-refractivity contribution is 0.251. The summed E-state index contributed by atoms with van der Waals surface area (Å²) in [5.41, 5.74) is -0.515. The minimum Gasteiger partial charge on any atom is -0.347 e. The van der Waals surface area contributed by atoms with Crippen LogP contribution in [0.5, 0.6) is 0 Å². The molecular formula is C15H19F2N7O. The van der Waals surface area contributed by atoms with E-state index in [1.165, 1.54) is 6.07 Å². The van der Waals surface area contributed by atoms with Crippen molar-refractivity contribution in [3.63, 3.8) is 0 Å². The zero-order chi connectivity index (χ0) is 18.6. The highest BCUT2D eigenvalue weighted by atomic mass is 19.1. The van der Waals surface area contributed by atoms with Crippen molar-refractivity contribution in [3.8, 4) is 0 Å². The van der Waals surface area contributed by atoms with Crippen molar-refractivity contribution in [2.24, 2.45) is 0 Å². The summed E-state index contributed by atoms with van der Waals surface area (Å²) in [6.07, 6.45) is 0. The smallest absolute Gasteiger partial charge is 0.319 e. The Morgan fingerprint density at radius 1 is 1.00 bits per heavy atom. The van der Waals surface area contributed by atoms with Gasteiger partial charge in [0.25, 0.3) is 0 Å². The second-order valence-corrected chi connectivity index (χ2v) is 5.54. The van der Waals surface area contributed by atoms with E-state index in [9.17, 15) is 13.6 Å². The van der Waals surface area contributed by atoms with Gasteiger partial charge in [0.15, 0.2) is 5.82 Å². The molecule has 1 aromatic heterocycles. The predicted octanol–water partition coefficient (Wildman–Crippen LogP) is 1.60. The molecule has 2 aromatic rings. The van der Waals surface area contributed by atoms with Crippen molar-refractivity contribution in [3.05, 3.63) is 35.7 Å². The van der Waals surface area contributed by atoms with E-state index in [1.807, 2.05) is 0 Å². The number of nitrogens with one attached hydrogen (secondary N) is 2. The van der Waals surface area contributed by atoms with Gasteiger partial charge in [0, 0.05) is 28.2 Å². The first kappa shape index (κ1) is 18.3. The molecule has 25 heavy (non-hydrogen) atoms. The fourth-order valence-corrected chi connectivity index (χ4v) is 1.81. The van der Waals surface area contributed by atoms with Gasteiger partial charge >= 0.3 is 6.03 Å². The summed E-state index contributed by atoms with van der Waals surface area (Å²) in [5, 5.41) is 4.59. The Balaban J connectivity index is 2.09. The molecule has 0 atom stereocenters. The van der Waals surface area contributed by atoms with Crippen LogP contribution in [0.25, 0.3) is 0 Å². The first-order valence-corrected chi connectivity index (χ1v) is 7.36. The lowest BCUT2D eigenvalue weighted by Crippen LogP contribution is -2.30. The Kier molecular flexibility index (Phi) is 5.63. The molecule has 0 spiro atoms. The Morgan fingerprint density at radius 2 is 1.52 bits per heavy atom. The molecule has 2 amide bonds. The third-order valence-electron chi connectivity index (χ3n) is 3.07. The first-order valence-electron chi connectivity index (χ1n) is 7.36. The van der Waals surface area contributed by atoms with Crippen LogP contribution in [0.4, 0.5) is 31.2 Å². The van der Waals surface area contributed by atoms with Gasteiger partial charge in [-0.2, -0.15) is 15.0 Å². The second kappa shape index (κ2) is 7.69. The van der Waals surface area contributed by atoms with Crippen molar-refractivity contribution in [1.82, 2.24) is 20.3 Å². The lowest BCUT2D eigenvalue weighted by Gasteiger charge is -2.16. The number of hydrogen-bond donors (Lipinski definition) is 2. The summed E-state index contributed by atoms with van der Waals surface area (Å²) < 4.78 is 27.1. The molecule has 1 aromatic carbocycles. The first-order chi connectivity index (χ1) is 11.8. The highest BCUT2D eigenvalue weighted by Gasteiger charge is 2.13. The molecular weight excluding hydrogens is 332 g/mol. The number of rotatable bonds is 5. The SMILES string of the molecule is CN(C)c1nc(CNC(=O)Nc2c(F)cccc2F)nc(N(C)C)n1. The van der Waals surface area contributed by atoms with E-state index in [0.717, 1.165) is 12.1 Å². The number of urea groups is 1. The van der Waals surface area contributed by atoms with Crippen LogP contribution in [-0.4, -0.2) is 49.2 Å². The van der Waals surface area contributed by atoms with Crippen molar-refractivity contribution in [2.75, 3.05) is 43.3 Å². The van der Waals surface area contributed by atoms with Gasteiger partial charge in [-0.05, 0) is 12.1 Å². The second-order valence-electron chi connectivity index (χ2n) is 5.54. The van der Waals surface area contributed by atoms with E-state index < -0.39 is 23.4 Å². The monoisotopic (exact) mass is 351 g/mol. The summed E-state index contributed by atoms with van der Waals surface area (Å²) in [6, 6.07) is 2.54. The molecule has 8 nitrogen and oxygen atoms in total. The summed E-state index contributed by atoms with van der Waals surface area (Å²) in [4.78, 5) is 28.0. The van der Waals surface area contributed by atoms with E-state index in [-0.39, 0.29) is 6.54 Å². The zero-order valence-corrected chi connectivity index (χ0v) is 14.3. The van der Waals surface area contributed by atoms with Gasteiger partial charge < -0.3 is 20.4 Å². The molecule has 0 aliphatic heterocycles. The summed E-state index contributed by atoms with van der Waals surface area (Å²) >= 11 is 0. The molecule has 0 fully saturated rings. The Morgan fingerprint density at radius 3 is 2.00 bits per heavy atom. The van der Waals surface area contributed by atoms with Gasteiger partial charge in [-0.3, -0.25) is 0 Å². The van der Waals surface area contributed by atoms with Crippen molar-refractivity contribution in [1.29, 1.82) is 0 Å². The van der Waals surface area contributed by atoms with Crippen LogP contribution in [-0.2, 0) is 6.54 Å². The van der Waals surface area contributed by atoms with Gasteiger partial charge in [-0.25, -0.2) is 13.6 Å². The van der Waals surface area contributed by atoms with E-state index in [0.29, 0.717) is 17.7 Å². The molecule has 0 unspecified atom stereocenters. The van der Waals surface area contributed by atoms with E-state index >= 15 is 0 Å². The largest absolute Gasteiger partial charge is 0.347 e. The van der Waals surface area contributed by atoms with Gasteiger partial charge in [0.2, 0.25) is 11.9 Å². The maximum absolute atomic E-state index is 13.5. The number of carbonyl (C=O) groups excluding carboxylic acids is 1. The van der Waals surface area contributed by atoms with Gasteiger partial charge in [-0.15, -0.1) is 0 Å². The molecule has 0 saturated heterocycles. The normalized spacial score (nSPS) is 10.3. The molecule has 0 bridgehead atoms. The quantitative estimate of drug-likeness (QED) is 0.851. The number of benzene rings is 1. The number of carbonyl (C=O) groups is 1. The van der Waals surface area contributed by atoms with E-state index in [2.05, 4.69) is 25.6 Å². The van der Waals surface area contributed by atoms with Crippen molar-refractivity contribution >= 4 is 23.6 Å². The average Bonchev–Trinajstić information content (AvgIpc) is 2.56. The van der Waals surface area contributed by atoms with Crippen LogP contribution in [0.1, 0.15) is 5.82 Å². The van der Waals surface area contributed by atoms with Crippen LogP contribution < -0.4 is 20.4 Å². The number of amides is 2. The summed E-state index contributed by atoms with van der Waals surface area (Å²) in [7, 11) is 7.11. The number of para-hydroxylation sites is 1. The van der Waals surface area contributed by atoms with Crippen molar-refractivity contribution in [2.45, 2.75) is 6.54 Å². The Hall–Kier alpha value is -3.04. The van der Waals surface area contributed by atoms with Crippen LogP contribution in [0.3, 0.4) is 0 Å². The number of hydrogen-bond acceptors (Lipinski definition) is 6. The van der Waals surface area contributed by atoms with Crippen LogP contribution in [0.15, 0.2) is 18.2 Å². The van der Waals surface area contributed by atoms with Crippen LogP contribution in [0.2, 0.25) is 0 Å². The third kappa shape index (κ3) is 4.72. The summed E-state index contributed by atoms with van der Waals surface area (Å²) in [5.74, 6) is -0.557. The van der Waals surface area contributed by atoms with E-state index in [4.69, 9.17) is 0 Å². The fraction of sp³-hybridized carbons (Fsp3) is 0.333. The third-order valence-corrected chi connectivity index (χ3v) is 3.07. The predicted molar refractivity (Wildman–Crippen MR) is 90.7 cm³/mol. The molecule has 0 radical (unpaired) electrons. The molecule has 1 heterocycles. The molecule has 10 heteroatoms. The number of halogens is 2. The number of nitrogens with zero attached hydrogens (tertiary/aromatic N) is 5. The van der Waals surface area contributed by atoms with E-state index in [1.54, 1.807) is 38.0 Å². The molecule has 0 aliphatic carbocycles. The zero-order valence-electron chi connectivity index (χ0n) is 14.3.